The average Bonchev–Trinajstić information content (AvgIpc) is 1.60. The van der Waals surface area contributed by atoms with Crippen LogP contribution in [0.15, 0.2) is 0 Å². The highest BCUT2D eigenvalue weighted by Crippen LogP contribution is 2.20. The Bertz CT molecular complexity index is 159. The SMILES string of the molecule is CC(S)(S)C(=O)CC(=O)O. The van der Waals surface area contributed by atoms with Gasteiger partial charge in [0.15, 0.2) is 5.78 Å². The molecule has 0 aromatic rings. The standard InChI is InChI=1S/C5H8O3S2/c1-5(9,10)3(6)2-4(7)8/h9-10H,2H2,1H3,(H,7,8). The van der Waals surface area contributed by atoms with Crippen molar-refractivity contribution >= 4 is 37.0 Å². The Morgan fingerprint density at radius 3 is 2.00 bits per heavy atom. The third-order valence-corrected chi connectivity index (χ3v) is 1.34. The first-order chi connectivity index (χ1) is 4.34. The molecule has 58 valence electrons. The molecule has 0 bridgehead atoms. The van der Waals surface area contributed by atoms with E-state index in [1.807, 2.05) is 0 Å². The van der Waals surface area contributed by atoms with Crippen LogP contribution in [0.25, 0.3) is 0 Å². The van der Waals surface area contributed by atoms with Crippen LogP contribution in [0.2, 0.25) is 0 Å². The van der Waals surface area contributed by atoms with Crippen LogP contribution in [0.1, 0.15) is 13.3 Å². The lowest BCUT2D eigenvalue weighted by Crippen LogP contribution is -2.24. The molecule has 0 heterocycles. The molecule has 0 saturated carbocycles. The topological polar surface area (TPSA) is 54.4 Å². The Hall–Kier alpha value is -0.160. The van der Waals surface area contributed by atoms with Crippen molar-refractivity contribution in [1.29, 1.82) is 0 Å². The van der Waals surface area contributed by atoms with Crippen molar-refractivity contribution in [2.24, 2.45) is 0 Å². The molecule has 0 aliphatic heterocycles. The fourth-order valence-corrected chi connectivity index (χ4v) is 0.463. The fraction of sp³-hybridized carbons (Fsp3) is 0.600. The lowest BCUT2D eigenvalue weighted by molar-refractivity contribution is -0.140. The zero-order chi connectivity index (χ0) is 8.36. The Labute approximate surface area is 69.6 Å². The number of rotatable bonds is 3. The third-order valence-electron chi connectivity index (χ3n) is 0.840. The van der Waals surface area contributed by atoms with Crippen molar-refractivity contribution < 1.29 is 14.7 Å². The number of Topliss-reactive ketones (excluding diaryl/α,β-unsaturated/α-hetero) is 1. The van der Waals surface area contributed by atoms with Gasteiger partial charge in [0, 0.05) is 0 Å². The molecule has 1 N–H and O–H groups in total. The van der Waals surface area contributed by atoms with E-state index in [9.17, 15) is 9.59 Å². The number of carbonyl (C=O) groups excluding carboxylic acids is 1. The van der Waals surface area contributed by atoms with Crippen molar-refractivity contribution in [3.8, 4) is 0 Å². The second-order valence-electron chi connectivity index (χ2n) is 2.01. The fourth-order valence-electron chi connectivity index (χ4n) is 0.305. The van der Waals surface area contributed by atoms with Crippen molar-refractivity contribution in [3.63, 3.8) is 0 Å². The van der Waals surface area contributed by atoms with Gasteiger partial charge in [-0.05, 0) is 6.92 Å². The van der Waals surface area contributed by atoms with Crippen LogP contribution >= 0.6 is 25.3 Å². The van der Waals surface area contributed by atoms with Gasteiger partial charge in [-0.15, -0.1) is 0 Å². The molecule has 5 heteroatoms. The zero-order valence-corrected chi connectivity index (χ0v) is 7.15. The molecule has 0 atom stereocenters. The minimum atomic E-state index is -1.15. The van der Waals surface area contributed by atoms with Gasteiger partial charge in [0.25, 0.3) is 0 Å². The van der Waals surface area contributed by atoms with Gasteiger partial charge in [0.1, 0.15) is 10.5 Å². The molecule has 0 aromatic heterocycles. The molecule has 0 spiro atoms. The highest BCUT2D eigenvalue weighted by Gasteiger charge is 2.25. The van der Waals surface area contributed by atoms with Crippen molar-refractivity contribution in [3.05, 3.63) is 0 Å². The molecule has 0 radical (unpaired) electrons. The van der Waals surface area contributed by atoms with E-state index in [-0.39, 0.29) is 0 Å². The van der Waals surface area contributed by atoms with E-state index >= 15 is 0 Å². The monoisotopic (exact) mass is 180 g/mol. The molecule has 0 fully saturated rings. The van der Waals surface area contributed by atoms with Crippen molar-refractivity contribution in [2.75, 3.05) is 0 Å². The summed E-state index contributed by atoms with van der Waals surface area (Å²) < 4.78 is -1.14. The van der Waals surface area contributed by atoms with E-state index in [1.54, 1.807) is 0 Å². The number of aliphatic carboxylic acids is 1. The van der Waals surface area contributed by atoms with E-state index in [0.717, 1.165) is 0 Å². The Balaban J connectivity index is 3.99. The molecule has 0 aliphatic carbocycles. The molecule has 0 rings (SSSR count). The maximum absolute atomic E-state index is 10.7. The van der Waals surface area contributed by atoms with Crippen LogP contribution in [0.5, 0.6) is 0 Å². The number of ketones is 1. The van der Waals surface area contributed by atoms with E-state index < -0.39 is 22.3 Å². The van der Waals surface area contributed by atoms with Crippen LogP contribution in [-0.4, -0.2) is 20.9 Å². The van der Waals surface area contributed by atoms with Gasteiger partial charge in [-0.1, -0.05) is 0 Å². The lowest BCUT2D eigenvalue weighted by Gasteiger charge is -2.11. The predicted octanol–water partition coefficient (Wildman–Crippen LogP) is 0.606. The van der Waals surface area contributed by atoms with E-state index in [1.165, 1.54) is 6.92 Å². The largest absolute Gasteiger partial charge is 0.481 e. The van der Waals surface area contributed by atoms with Crippen molar-refractivity contribution in [1.82, 2.24) is 0 Å². The molecule has 0 aromatic carbocycles. The second-order valence-corrected chi connectivity index (χ2v) is 4.16. The quantitative estimate of drug-likeness (QED) is 0.339. The second kappa shape index (κ2) is 3.30. The molecule has 3 nitrogen and oxygen atoms in total. The summed E-state index contributed by atoms with van der Waals surface area (Å²) in [6.07, 6.45) is -0.524. The minimum Gasteiger partial charge on any atom is -0.481 e. The van der Waals surface area contributed by atoms with Crippen LogP contribution in [0.4, 0.5) is 0 Å². The highest BCUT2D eigenvalue weighted by molar-refractivity contribution is 8.01. The van der Waals surface area contributed by atoms with Crippen LogP contribution in [0, 0.1) is 0 Å². The van der Waals surface area contributed by atoms with E-state index in [2.05, 4.69) is 25.3 Å². The van der Waals surface area contributed by atoms with Gasteiger partial charge in [-0.2, -0.15) is 25.3 Å². The van der Waals surface area contributed by atoms with Crippen LogP contribution in [0.3, 0.4) is 0 Å². The van der Waals surface area contributed by atoms with E-state index in [4.69, 9.17) is 5.11 Å². The lowest BCUT2D eigenvalue weighted by atomic mass is 10.2. The number of hydrogen-bond donors (Lipinski definition) is 3. The first kappa shape index (κ1) is 9.84. The summed E-state index contributed by atoms with van der Waals surface area (Å²) in [5.41, 5.74) is 0. The third kappa shape index (κ3) is 3.79. The smallest absolute Gasteiger partial charge is 0.310 e. The summed E-state index contributed by atoms with van der Waals surface area (Å²) in [5, 5.41) is 8.16. The highest BCUT2D eigenvalue weighted by atomic mass is 32.2. The summed E-state index contributed by atoms with van der Waals surface area (Å²) in [7, 11) is 0. The normalized spacial score (nSPS) is 11.1. The zero-order valence-electron chi connectivity index (χ0n) is 5.37. The van der Waals surface area contributed by atoms with Gasteiger partial charge in [-0.3, -0.25) is 9.59 Å². The number of thiol groups is 2. The van der Waals surface area contributed by atoms with Gasteiger partial charge in [0.2, 0.25) is 0 Å². The van der Waals surface area contributed by atoms with Crippen LogP contribution < -0.4 is 0 Å². The Morgan fingerprint density at radius 2 is 1.90 bits per heavy atom. The Kier molecular flexibility index (Phi) is 3.24. The predicted molar refractivity (Wildman–Crippen MR) is 43.6 cm³/mol. The van der Waals surface area contributed by atoms with Gasteiger partial charge < -0.3 is 5.11 Å². The minimum absolute atomic E-state index is 0.508. The molecule has 0 unspecified atom stereocenters. The molecule has 0 saturated heterocycles. The Morgan fingerprint density at radius 1 is 1.50 bits per heavy atom. The first-order valence-electron chi connectivity index (χ1n) is 2.54. The van der Waals surface area contributed by atoms with Crippen LogP contribution in [-0.2, 0) is 9.59 Å². The van der Waals surface area contributed by atoms with Crippen molar-refractivity contribution in [2.45, 2.75) is 17.4 Å². The number of hydrogen-bond acceptors (Lipinski definition) is 4. The molecule has 10 heavy (non-hydrogen) atoms. The molecule has 0 amide bonds. The van der Waals surface area contributed by atoms with E-state index in [0.29, 0.717) is 0 Å². The maximum Gasteiger partial charge on any atom is 0.310 e. The summed E-state index contributed by atoms with van der Waals surface area (Å²) in [6, 6.07) is 0. The number of carbonyl (C=O) groups is 2. The van der Waals surface area contributed by atoms with Gasteiger partial charge >= 0.3 is 5.97 Å². The number of carboxylic acid groups (broad SMARTS) is 1. The summed E-state index contributed by atoms with van der Waals surface area (Å²) in [4.78, 5) is 20.7. The average molecular weight is 180 g/mol. The summed E-state index contributed by atoms with van der Waals surface area (Å²) >= 11 is 7.55. The molecule has 0 aliphatic rings. The number of carboxylic acids is 1. The first-order valence-corrected chi connectivity index (χ1v) is 3.43. The van der Waals surface area contributed by atoms with Gasteiger partial charge in [-0.25, -0.2) is 0 Å². The maximum atomic E-state index is 10.7. The van der Waals surface area contributed by atoms with Gasteiger partial charge in [0.05, 0.1) is 0 Å². The molecular weight excluding hydrogens is 172 g/mol. The summed E-state index contributed by atoms with van der Waals surface area (Å²) in [5.74, 6) is -1.66. The molecular formula is C5H8O3S2. The summed E-state index contributed by atoms with van der Waals surface area (Å²) in [6.45, 7) is 1.44.